The average Bonchev–Trinajstić information content (AvgIpc) is 2.86. The van der Waals surface area contributed by atoms with Crippen molar-refractivity contribution in [2.75, 3.05) is 5.75 Å². The number of hydrogen-bond donors (Lipinski definition) is 0. The van der Waals surface area contributed by atoms with Crippen LogP contribution in [-0.2, 0) is 20.9 Å². The molecule has 5 heteroatoms. The summed E-state index contributed by atoms with van der Waals surface area (Å²) >= 11 is 1.88. The maximum absolute atomic E-state index is 12.4. The number of carbonyl (C=O) groups is 2. The first-order valence-corrected chi connectivity index (χ1v) is 12.3. The number of rotatable bonds is 11. The Labute approximate surface area is 200 Å². The van der Waals surface area contributed by atoms with Crippen molar-refractivity contribution in [2.45, 2.75) is 50.7 Å². The van der Waals surface area contributed by atoms with Crippen LogP contribution < -0.4 is 0 Å². The third kappa shape index (κ3) is 7.79. The van der Waals surface area contributed by atoms with Crippen LogP contribution in [0.15, 0.2) is 83.8 Å². The number of hydrogen-bond acceptors (Lipinski definition) is 5. The smallest absolute Gasteiger partial charge is 0.347 e. The van der Waals surface area contributed by atoms with E-state index in [-0.39, 0.29) is 6.61 Å². The van der Waals surface area contributed by atoms with Gasteiger partial charge in [0.2, 0.25) is 0 Å². The summed E-state index contributed by atoms with van der Waals surface area (Å²) in [4.78, 5) is 25.9. The van der Waals surface area contributed by atoms with Crippen LogP contribution in [0.2, 0.25) is 0 Å². The molecule has 0 aliphatic carbocycles. The molecule has 33 heavy (non-hydrogen) atoms. The summed E-state index contributed by atoms with van der Waals surface area (Å²) in [6.07, 6.45) is 2.76. The summed E-state index contributed by atoms with van der Waals surface area (Å²) in [5, 5.41) is 0. The Balaban J connectivity index is 1.50. The molecular weight excluding hydrogens is 432 g/mol. The minimum atomic E-state index is -0.983. The van der Waals surface area contributed by atoms with Gasteiger partial charge in [-0.05, 0) is 60.1 Å². The van der Waals surface area contributed by atoms with Gasteiger partial charge in [0.25, 0.3) is 0 Å². The molecule has 0 heterocycles. The highest BCUT2D eigenvalue weighted by atomic mass is 32.2. The van der Waals surface area contributed by atoms with Gasteiger partial charge in [0.1, 0.15) is 6.61 Å². The predicted octanol–water partition coefficient (Wildman–Crippen LogP) is 6.92. The zero-order valence-corrected chi connectivity index (χ0v) is 20.0. The van der Waals surface area contributed by atoms with Crippen LogP contribution in [0.5, 0.6) is 0 Å². The van der Waals surface area contributed by atoms with Crippen LogP contribution in [0.25, 0.3) is 11.1 Å². The van der Waals surface area contributed by atoms with Crippen molar-refractivity contribution in [3.05, 3.63) is 90.0 Å². The van der Waals surface area contributed by atoms with E-state index in [0.717, 1.165) is 22.4 Å². The van der Waals surface area contributed by atoms with Crippen molar-refractivity contribution in [1.82, 2.24) is 0 Å². The van der Waals surface area contributed by atoms with Crippen molar-refractivity contribution < 1.29 is 19.1 Å². The number of unbranched alkanes of at least 4 members (excludes halogenated alkanes) is 2. The van der Waals surface area contributed by atoms with Gasteiger partial charge in [0.15, 0.2) is 6.10 Å². The van der Waals surface area contributed by atoms with Crippen molar-refractivity contribution >= 4 is 23.7 Å². The normalized spacial score (nSPS) is 11.6. The quantitative estimate of drug-likeness (QED) is 0.176. The molecule has 3 rings (SSSR count). The fraction of sp³-hybridized carbons (Fsp3) is 0.286. The number of thioether (sulfide) groups is 1. The van der Waals surface area contributed by atoms with E-state index in [0.29, 0.717) is 5.56 Å². The zero-order chi connectivity index (χ0) is 23.5. The first kappa shape index (κ1) is 24.6. The Kier molecular flexibility index (Phi) is 9.58. The van der Waals surface area contributed by atoms with E-state index in [1.54, 1.807) is 12.1 Å². The van der Waals surface area contributed by atoms with Crippen molar-refractivity contribution in [3.63, 3.8) is 0 Å². The first-order chi connectivity index (χ1) is 16.1. The Morgan fingerprint density at radius 3 is 2.12 bits per heavy atom. The zero-order valence-electron chi connectivity index (χ0n) is 19.2. The predicted molar refractivity (Wildman–Crippen MR) is 133 cm³/mol. The maximum atomic E-state index is 12.4. The minimum absolute atomic E-state index is 0.145. The summed E-state index contributed by atoms with van der Waals surface area (Å²) in [6, 6.07) is 25.0. The molecule has 0 aromatic heterocycles. The molecular formula is C28H30O4S. The number of carbonyl (C=O) groups excluding carboxylic acids is 2. The molecule has 172 valence electrons. The van der Waals surface area contributed by atoms with E-state index in [1.807, 2.05) is 54.2 Å². The molecule has 0 fully saturated rings. The van der Waals surface area contributed by atoms with Gasteiger partial charge in [-0.3, -0.25) is 0 Å². The highest BCUT2D eigenvalue weighted by molar-refractivity contribution is 7.99. The lowest BCUT2D eigenvalue weighted by Crippen LogP contribution is -2.26. The first-order valence-electron chi connectivity index (χ1n) is 11.3. The van der Waals surface area contributed by atoms with Gasteiger partial charge in [0, 0.05) is 4.90 Å². The monoisotopic (exact) mass is 462 g/mol. The molecule has 0 aliphatic rings. The second kappa shape index (κ2) is 12.9. The molecule has 4 nitrogen and oxygen atoms in total. The standard InChI is InChI=1S/C28H30O4S/c1-3-4-8-19-33-26-17-15-24(16-18-26)23-11-13-25(14-12-23)28(30)32-21(2)27(29)31-20-22-9-6-5-7-10-22/h5-7,9-18,21H,3-4,8,19-20H2,1-2H3/t21-/m0/s1. The number of benzene rings is 3. The largest absolute Gasteiger partial charge is 0.458 e. The lowest BCUT2D eigenvalue weighted by Gasteiger charge is -2.13. The van der Waals surface area contributed by atoms with Crippen LogP contribution in [-0.4, -0.2) is 23.8 Å². The molecule has 0 aliphatic heterocycles. The van der Waals surface area contributed by atoms with Crippen LogP contribution in [0.4, 0.5) is 0 Å². The van der Waals surface area contributed by atoms with Gasteiger partial charge >= 0.3 is 11.9 Å². The van der Waals surface area contributed by atoms with Gasteiger partial charge in [0.05, 0.1) is 5.56 Å². The van der Waals surface area contributed by atoms with Crippen LogP contribution in [0, 0.1) is 0 Å². The summed E-state index contributed by atoms with van der Waals surface area (Å²) in [5.41, 5.74) is 3.38. The summed E-state index contributed by atoms with van der Waals surface area (Å²) in [6.45, 7) is 3.87. The van der Waals surface area contributed by atoms with Crippen LogP contribution >= 0.6 is 11.8 Å². The van der Waals surface area contributed by atoms with Gasteiger partial charge in [-0.2, -0.15) is 0 Å². The minimum Gasteiger partial charge on any atom is -0.458 e. The lowest BCUT2D eigenvalue weighted by molar-refractivity contribution is -0.154. The molecule has 0 unspecified atom stereocenters. The van der Waals surface area contributed by atoms with E-state index in [9.17, 15) is 9.59 Å². The van der Waals surface area contributed by atoms with Gasteiger partial charge in [-0.1, -0.05) is 74.4 Å². The summed E-state index contributed by atoms with van der Waals surface area (Å²) < 4.78 is 10.5. The fourth-order valence-electron chi connectivity index (χ4n) is 3.21. The SMILES string of the molecule is CCCCCSc1ccc(-c2ccc(C(=O)O[C@@H](C)C(=O)OCc3ccccc3)cc2)cc1. The van der Waals surface area contributed by atoms with E-state index in [2.05, 4.69) is 31.2 Å². The molecule has 3 aromatic carbocycles. The Bertz CT molecular complexity index is 1010. The van der Waals surface area contributed by atoms with E-state index >= 15 is 0 Å². The van der Waals surface area contributed by atoms with Gasteiger partial charge in [-0.25, -0.2) is 9.59 Å². The van der Waals surface area contributed by atoms with Crippen molar-refractivity contribution in [3.8, 4) is 11.1 Å². The van der Waals surface area contributed by atoms with Crippen molar-refractivity contribution in [2.24, 2.45) is 0 Å². The highest BCUT2D eigenvalue weighted by Gasteiger charge is 2.20. The molecule has 0 N–H and O–H groups in total. The average molecular weight is 463 g/mol. The van der Waals surface area contributed by atoms with E-state index in [1.165, 1.54) is 31.1 Å². The summed E-state index contributed by atoms with van der Waals surface area (Å²) in [5.74, 6) is 0.0170. The number of ether oxygens (including phenoxy) is 2. The third-order valence-corrected chi connectivity index (χ3v) is 6.26. The Morgan fingerprint density at radius 1 is 0.848 bits per heavy atom. The summed E-state index contributed by atoms with van der Waals surface area (Å²) in [7, 11) is 0. The van der Waals surface area contributed by atoms with E-state index < -0.39 is 18.0 Å². The second-order valence-corrected chi connectivity index (χ2v) is 8.97. The Hall–Kier alpha value is -3.05. The van der Waals surface area contributed by atoms with E-state index in [4.69, 9.17) is 9.47 Å². The highest BCUT2D eigenvalue weighted by Crippen LogP contribution is 2.25. The maximum Gasteiger partial charge on any atom is 0.347 e. The molecule has 3 aromatic rings. The lowest BCUT2D eigenvalue weighted by atomic mass is 10.0. The molecule has 0 saturated carbocycles. The number of esters is 2. The molecule has 0 saturated heterocycles. The molecule has 1 atom stereocenters. The topological polar surface area (TPSA) is 52.6 Å². The van der Waals surface area contributed by atoms with Crippen LogP contribution in [0.1, 0.15) is 49.0 Å². The molecule has 0 amide bonds. The Morgan fingerprint density at radius 2 is 1.48 bits per heavy atom. The van der Waals surface area contributed by atoms with Gasteiger partial charge < -0.3 is 9.47 Å². The second-order valence-electron chi connectivity index (χ2n) is 7.80. The van der Waals surface area contributed by atoms with Gasteiger partial charge in [-0.15, -0.1) is 11.8 Å². The fourth-order valence-corrected chi connectivity index (χ4v) is 4.12. The van der Waals surface area contributed by atoms with Crippen LogP contribution in [0.3, 0.4) is 0 Å². The molecule has 0 radical (unpaired) electrons. The molecule has 0 spiro atoms. The molecule has 0 bridgehead atoms. The van der Waals surface area contributed by atoms with Crippen molar-refractivity contribution in [1.29, 1.82) is 0 Å². The third-order valence-electron chi connectivity index (χ3n) is 5.16.